The van der Waals surface area contributed by atoms with Crippen molar-refractivity contribution in [2.75, 3.05) is 0 Å². The third kappa shape index (κ3) is 4.71. The minimum atomic E-state index is -0.917. The molecule has 0 radical (unpaired) electrons. The SMILES string of the molecule is CC(C)(C)OC(=O)[C@]1(c2ccc(Br)cc2)C/C1=C\C(=O)OCc1ccccc1. The molecule has 0 saturated heterocycles. The molecule has 0 amide bonds. The molecule has 28 heavy (non-hydrogen) atoms. The Bertz CT molecular complexity index is 894. The first-order chi connectivity index (χ1) is 13.2. The van der Waals surface area contributed by atoms with Crippen molar-refractivity contribution < 1.29 is 19.1 Å². The van der Waals surface area contributed by atoms with Crippen molar-refractivity contribution in [3.63, 3.8) is 0 Å². The van der Waals surface area contributed by atoms with Crippen LogP contribution in [-0.2, 0) is 31.1 Å². The van der Waals surface area contributed by atoms with Gasteiger partial charge in [-0.05, 0) is 56.0 Å². The number of benzene rings is 2. The molecule has 0 aromatic heterocycles. The van der Waals surface area contributed by atoms with Crippen LogP contribution in [-0.4, -0.2) is 17.5 Å². The van der Waals surface area contributed by atoms with Gasteiger partial charge in [-0.2, -0.15) is 0 Å². The summed E-state index contributed by atoms with van der Waals surface area (Å²) in [6.45, 7) is 5.70. The second-order valence-electron chi connectivity index (χ2n) is 7.85. The topological polar surface area (TPSA) is 52.6 Å². The molecule has 1 aliphatic carbocycles. The summed E-state index contributed by atoms with van der Waals surface area (Å²) < 4.78 is 11.9. The molecular formula is C23H23BrO4. The van der Waals surface area contributed by atoms with Gasteiger partial charge >= 0.3 is 11.9 Å². The molecule has 3 rings (SSSR count). The maximum Gasteiger partial charge on any atom is 0.331 e. The third-order valence-electron chi connectivity index (χ3n) is 4.48. The Labute approximate surface area is 173 Å². The Morgan fingerprint density at radius 2 is 1.71 bits per heavy atom. The number of esters is 2. The molecule has 0 bridgehead atoms. The van der Waals surface area contributed by atoms with Gasteiger partial charge < -0.3 is 9.47 Å². The highest BCUT2D eigenvalue weighted by molar-refractivity contribution is 9.10. The van der Waals surface area contributed by atoms with Crippen LogP contribution in [0.5, 0.6) is 0 Å². The zero-order valence-corrected chi connectivity index (χ0v) is 17.8. The molecule has 2 aromatic carbocycles. The van der Waals surface area contributed by atoms with Crippen LogP contribution in [0.2, 0.25) is 0 Å². The first-order valence-corrected chi connectivity index (χ1v) is 9.91. The molecule has 0 aliphatic heterocycles. The number of rotatable bonds is 5. The Kier molecular flexibility index (Phi) is 5.75. The molecule has 5 heteroatoms. The molecular weight excluding hydrogens is 420 g/mol. The standard InChI is InChI=1S/C23H23BrO4/c1-22(2,3)28-21(26)23(17-9-11-19(24)12-10-17)14-18(23)13-20(25)27-15-16-7-5-4-6-8-16/h4-13H,14-15H2,1-3H3/b18-13+/t23-/m0/s1. The van der Waals surface area contributed by atoms with Crippen LogP contribution in [0.1, 0.15) is 38.3 Å². The van der Waals surface area contributed by atoms with E-state index >= 15 is 0 Å². The van der Waals surface area contributed by atoms with E-state index in [2.05, 4.69) is 15.9 Å². The predicted molar refractivity (Wildman–Crippen MR) is 111 cm³/mol. The predicted octanol–water partition coefficient (Wildman–Crippen LogP) is 5.10. The van der Waals surface area contributed by atoms with Crippen LogP contribution in [0.15, 0.2) is 70.7 Å². The first-order valence-electron chi connectivity index (χ1n) is 9.12. The molecule has 0 N–H and O–H groups in total. The number of ether oxygens (including phenoxy) is 2. The van der Waals surface area contributed by atoms with E-state index in [1.54, 1.807) is 0 Å². The van der Waals surface area contributed by atoms with Crippen LogP contribution >= 0.6 is 15.9 Å². The highest BCUT2D eigenvalue weighted by atomic mass is 79.9. The van der Waals surface area contributed by atoms with Gasteiger partial charge in [0.25, 0.3) is 0 Å². The Hall–Kier alpha value is -2.40. The fraction of sp³-hybridized carbons (Fsp3) is 0.304. The van der Waals surface area contributed by atoms with Crippen molar-refractivity contribution in [3.8, 4) is 0 Å². The van der Waals surface area contributed by atoms with Crippen molar-refractivity contribution in [1.82, 2.24) is 0 Å². The quantitative estimate of drug-likeness (QED) is 0.477. The van der Waals surface area contributed by atoms with Crippen LogP contribution in [0.3, 0.4) is 0 Å². The number of hydrogen-bond acceptors (Lipinski definition) is 4. The van der Waals surface area contributed by atoms with Crippen LogP contribution in [0, 0.1) is 0 Å². The molecule has 1 aliphatic rings. The maximum absolute atomic E-state index is 13.0. The van der Waals surface area contributed by atoms with E-state index in [0.29, 0.717) is 12.0 Å². The lowest BCUT2D eigenvalue weighted by atomic mass is 9.94. The second kappa shape index (κ2) is 7.92. The summed E-state index contributed by atoms with van der Waals surface area (Å²) in [7, 11) is 0. The van der Waals surface area contributed by atoms with E-state index in [4.69, 9.17) is 9.47 Å². The minimum absolute atomic E-state index is 0.196. The van der Waals surface area contributed by atoms with E-state index in [-0.39, 0.29) is 12.6 Å². The van der Waals surface area contributed by atoms with E-state index in [1.807, 2.05) is 75.4 Å². The molecule has 0 unspecified atom stereocenters. The van der Waals surface area contributed by atoms with Gasteiger partial charge in [-0.15, -0.1) is 0 Å². The Morgan fingerprint density at radius 1 is 1.07 bits per heavy atom. The third-order valence-corrected chi connectivity index (χ3v) is 5.01. The summed E-state index contributed by atoms with van der Waals surface area (Å²) in [5.74, 6) is -0.800. The molecule has 2 aromatic rings. The average molecular weight is 443 g/mol. The van der Waals surface area contributed by atoms with Crippen molar-refractivity contribution >= 4 is 27.9 Å². The monoisotopic (exact) mass is 442 g/mol. The highest BCUT2D eigenvalue weighted by Gasteiger charge is 2.59. The number of hydrogen-bond donors (Lipinski definition) is 0. The largest absolute Gasteiger partial charge is 0.459 e. The fourth-order valence-corrected chi connectivity index (χ4v) is 3.30. The van der Waals surface area contributed by atoms with Crippen molar-refractivity contribution in [3.05, 3.63) is 81.8 Å². The van der Waals surface area contributed by atoms with Crippen molar-refractivity contribution in [2.24, 2.45) is 0 Å². The first kappa shape index (κ1) is 20.3. The van der Waals surface area contributed by atoms with Gasteiger partial charge in [-0.25, -0.2) is 4.79 Å². The van der Waals surface area contributed by atoms with Gasteiger partial charge in [0.15, 0.2) is 0 Å². The zero-order valence-electron chi connectivity index (χ0n) is 16.2. The zero-order chi connectivity index (χ0) is 20.4. The number of carbonyl (C=O) groups excluding carboxylic acids is 2. The smallest absolute Gasteiger partial charge is 0.331 e. The Morgan fingerprint density at radius 3 is 2.32 bits per heavy atom. The summed E-state index contributed by atoms with van der Waals surface area (Å²) in [6, 6.07) is 17.0. The lowest BCUT2D eigenvalue weighted by molar-refractivity contribution is -0.157. The van der Waals surface area contributed by atoms with Gasteiger partial charge in [-0.3, -0.25) is 4.79 Å². The van der Waals surface area contributed by atoms with E-state index < -0.39 is 17.0 Å². The highest BCUT2D eigenvalue weighted by Crippen LogP contribution is 2.55. The average Bonchev–Trinajstić information content (AvgIpc) is 3.35. The van der Waals surface area contributed by atoms with Crippen LogP contribution < -0.4 is 0 Å². The van der Waals surface area contributed by atoms with Gasteiger partial charge in [0.2, 0.25) is 0 Å². The lowest BCUT2D eigenvalue weighted by Gasteiger charge is -2.24. The van der Waals surface area contributed by atoms with Crippen LogP contribution in [0.25, 0.3) is 0 Å². The van der Waals surface area contributed by atoms with Gasteiger partial charge in [0.1, 0.15) is 17.6 Å². The second-order valence-corrected chi connectivity index (χ2v) is 8.77. The summed E-state index contributed by atoms with van der Waals surface area (Å²) in [5, 5.41) is 0. The molecule has 1 atom stereocenters. The molecule has 0 spiro atoms. The summed E-state index contributed by atoms with van der Waals surface area (Å²) in [4.78, 5) is 25.3. The summed E-state index contributed by atoms with van der Waals surface area (Å²) in [6.07, 6.45) is 1.87. The lowest BCUT2D eigenvalue weighted by Crippen LogP contribution is -2.32. The van der Waals surface area contributed by atoms with E-state index in [1.165, 1.54) is 6.08 Å². The molecule has 1 saturated carbocycles. The van der Waals surface area contributed by atoms with Gasteiger partial charge in [0.05, 0.1) is 0 Å². The van der Waals surface area contributed by atoms with Crippen molar-refractivity contribution in [2.45, 2.75) is 44.8 Å². The Balaban J connectivity index is 1.80. The van der Waals surface area contributed by atoms with Gasteiger partial charge in [0, 0.05) is 10.5 Å². The maximum atomic E-state index is 13.0. The van der Waals surface area contributed by atoms with Crippen molar-refractivity contribution in [1.29, 1.82) is 0 Å². The van der Waals surface area contributed by atoms with E-state index in [0.717, 1.165) is 15.6 Å². The van der Waals surface area contributed by atoms with Crippen LogP contribution in [0.4, 0.5) is 0 Å². The molecule has 4 nitrogen and oxygen atoms in total. The summed E-state index contributed by atoms with van der Waals surface area (Å²) >= 11 is 3.41. The summed E-state index contributed by atoms with van der Waals surface area (Å²) in [5.41, 5.74) is 0.909. The molecule has 146 valence electrons. The fourth-order valence-electron chi connectivity index (χ4n) is 3.04. The molecule has 0 heterocycles. The normalized spacial score (nSPS) is 19.9. The molecule has 1 fully saturated rings. The number of carbonyl (C=O) groups is 2. The minimum Gasteiger partial charge on any atom is -0.459 e. The number of halogens is 1. The van der Waals surface area contributed by atoms with Gasteiger partial charge in [-0.1, -0.05) is 58.4 Å². The van der Waals surface area contributed by atoms with E-state index in [9.17, 15) is 9.59 Å².